The summed E-state index contributed by atoms with van der Waals surface area (Å²) in [6.07, 6.45) is 2.90. The van der Waals surface area contributed by atoms with Gasteiger partial charge in [-0.2, -0.15) is 5.26 Å². The highest BCUT2D eigenvalue weighted by Crippen LogP contribution is 2.24. The lowest BCUT2D eigenvalue weighted by Gasteiger charge is -2.18. The summed E-state index contributed by atoms with van der Waals surface area (Å²) in [5.74, 6) is 0.794. The second-order valence-corrected chi connectivity index (χ2v) is 6.89. The number of nitrogens with one attached hydrogen (secondary N) is 1. The van der Waals surface area contributed by atoms with Crippen LogP contribution in [0.4, 0.5) is 5.69 Å². The molecule has 3 rings (SSSR count). The Kier molecular flexibility index (Phi) is 6.56. The Morgan fingerprint density at radius 1 is 1.19 bits per heavy atom. The van der Waals surface area contributed by atoms with E-state index in [0.29, 0.717) is 29.3 Å². The number of likely N-dealkylation sites (tertiary alicyclic amines) is 1. The van der Waals surface area contributed by atoms with E-state index in [9.17, 15) is 4.79 Å². The van der Waals surface area contributed by atoms with Gasteiger partial charge in [0.2, 0.25) is 0 Å². The highest BCUT2D eigenvalue weighted by molar-refractivity contribution is 6.31. The molecule has 1 fully saturated rings. The third-order valence-corrected chi connectivity index (χ3v) is 4.73. The molecule has 2 aromatic carbocycles. The topological polar surface area (TPSA) is 65.4 Å². The van der Waals surface area contributed by atoms with Gasteiger partial charge < -0.3 is 15.0 Å². The second kappa shape index (κ2) is 9.29. The van der Waals surface area contributed by atoms with Crippen LogP contribution in [0.5, 0.6) is 5.75 Å². The summed E-state index contributed by atoms with van der Waals surface area (Å²) in [7, 11) is 0. The van der Waals surface area contributed by atoms with Gasteiger partial charge in [-0.1, -0.05) is 11.6 Å². The fourth-order valence-corrected chi connectivity index (χ4v) is 3.22. The standard InChI is InChI=1S/C21H22ClN3O2/c22-17-6-9-19(21(26)25-11-1-2-12-25)20(14-17)24-10-3-13-27-18-7-4-16(15-23)5-8-18/h4-9,14,24H,1-3,10-13H2. The van der Waals surface area contributed by atoms with Gasteiger partial charge >= 0.3 is 0 Å². The van der Waals surface area contributed by atoms with Crippen LogP contribution in [-0.4, -0.2) is 37.0 Å². The maximum atomic E-state index is 12.7. The molecule has 1 heterocycles. The average Bonchev–Trinajstić information content (AvgIpc) is 3.23. The molecule has 0 spiro atoms. The van der Waals surface area contributed by atoms with Crippen LogP contribution in [0.3, 0.4) is 0 Å². The van der Waals surface area contributed by atoms with Crippen molar-refractivity contribution in [2.75, 3.05) is 31.6 Å². The van der Waals surface area contributed by atoms with Gasteiger partial charge in [0.1, 0.15) is 5.75 Å². The number of rotatable bonds is 7. The fraction of sp³-hybridized carbons (Fsp3) is 0.333. The number of carbonyl (C=O) groups excluding carboxylic acids is 1. The van der Waals surface area contributed by atoms with Gasteiger partial charge in [0.05, 0.1) is 23.8 Å². The summed E-state index contributed by atoms with van der Waals surface area (Å²) in [5.41, 5.74) is 2.03. The van der Waals surface area contributed by atoms with E-state index >= 15 is 0 Å². The van der Waals surface area contributed by atoms with E-state index in [4.69, 9.17) is 21.6 Å². The van der Waals surface area contributed by atoms with Crippen molar-refractivity contribution in [3.63, 3.8) is 0 Å². The van der Waals surface area contributed by atoms with E-state index in [1.807, 2.05) is 4.90 Å². The van der Waals surface area contributed by atoms with Crippen LogP contribution in [0.15, 0.2) is 42.5 Å². The van der Waals surface area contributed by atoms with Crippen molar-refractivity contribution in [2.45, 2.75) is 19.3 Å². The number of amides is 1. The van der Waals surface area contributed by atoms with E-state index in [0.717, 1.165) is 43.8 Å². The Morgan fingerprint density at radius 3 is 2.63 bits per heavy atom. The number of carbonyl (C=O) groups is 1. The fourth-order valence-electron chi connectivity index (χ4n) is 3.05. The maximum Gasteiger partial charge on any atom is 0.255 e. The summed E-state index contributed by atoms with van der Waals surface area (Å²) >= 11 is 6.11. The van der Waals surface area contributed by atoms with Gasteiger partial charge in [-0.05, 0) is 61.7 Å². The molecule has 0 radical (unpaired) electrons. The molecule has 0 aliphatic carbocycles. The molecule has 1 aliphatic rings. The molecule has 0 saturated carbocycles. The Labute approximate surface area is 164 Å². The van der Waals surface area contributed by atoms with Gasteiger partial charge in [0, 0.05) is 30.3 Å². The third kappa shape index (κ3) is 5.15. The Hall–Kier alpha value is -2.71. The number of halogens is 1. The molecule has 6 heteroatoms. The molecule has 0 atom stereocenters. The van der Waals surface area contributed by atoms with Gasteiger partial charge in [-0.25, -0.2) is 0 Å². The molecule has 2 aromatic rings. The summed E-state index contributed by atoms with van der Waals surface area (Å²) in [6.45, 7) is 2.84. The summed E-state index contributed by atoms with van der Waals surface area (Å²) in [4.78, 5) is 14.6. The van der Waals surface area contributed by atoms with Crippen molar-refractivity contribution >= 4 is 23.2 Å². The minimum absolute atomic E-state index is 0.0560. The smallest absolute Gasteiger partial charge is 0.255 e. The average molecular weight is 384 g/mol. The summed E-state index contributed by atoms with van der Waals surface area (Å²) in [6, 6.07) is 14.5. The number of nitrogens with zero attached hydrogens (tertiary/aromatic N) is 2. The van der Waals surface area contributed by atoms with E-state index in [1.54, 1.807) is 42.5 Å². The van der Waals surface area contributed by atoms with Crippen molar-refractivity contribution in [2.24, 2.45) is 0 Å². The quantitative estimate of drug-likeness (QED) is 0.723. The first-order valence-corrected chi connectivity index (χ1v) is 9.51. The van der Waals surface area contributed by atoms with Crippen LogP contribution in [0.2, 0.25) is 5.02 Å². The molecule has 140 valence electrons. The minimum atomic E-state index is 0.0560. The van der Waals surface area contributed by atoms with Crippen molar-refractivity contribution < 1.29 is 9.53 Å². The van der Waals surface area contributed by atoms with Gasteiger partial charge in [-0.3, -0.25) is 4.79 Å². The zero-order valence-corrected chi connectivity index (χ0v) is 15.8. The molecule has 27 heavy (non-hydrogen) atoms. The van der Waals surface area contributed by atoms with Crippen LogP contribution < -0.4 is 10.1 Å². The highest BCUT2D eigenvalue weighted by atomic mass is 35.5. The SMILES string of the molecule is N#Cc1ccc(OCCCNc2cc(Cl)ccc2C(=O)N2CCCC2)cc1. The van der Waals surface area contributed by atoms with E-state index in [-0.39, 0.29) is 5.91 Å². The number of anilines is 1. The zero-order valence-electron chi connectivity index (χ0n) is 15.1. The molecule has 0 unspecified atom stereocenters. The van der Waals surface area contributed by atoms with Gasteiger partial charge in [0.25, 0.3) is 5.91 Å². The van der Waals surface area contributed by atoms with Crippen LogP contribution in [0.1, 0.15) is 35.2 Å². The minimum Gasteiger partial charge on any atom is -0.494 e. The number of benzene rings is 2. The van der Waals surface area contributed by atoms with Gasteiger partial charge in [-0.15, -0.1) is 0 Å². The van der Waals surface area contributed by atoms with Crippen molar-refractivity contribution in [3.8, 4) is 11.8 Å². The van der Waals surface area contributed by atoms with Crippen LogP contribution in [0, 0.1) is 11.3 Å². The Bertz CT molecular complexity index is 824. The van der Waals surface area contributed by atoms with Crippen LogP contribution in [0.25, 0.3) is 0 Å². The number of hydrogen-bond donors (Lipinski definition) is 1. The lowest BCUT2D eigenvalue weighted by molar-refractivity contribution is 0.0794. The molecular weight excluding hydrogens is 362 g/mol. The van der Waals surface area contributed by atoms with Gasteiger partial charge in [0.15, 0.2) is 0 Å². The Balaban J connectivity index is 1.51. The second-order valence-electron chi connectivity index (χ2n) is 6.45. The van der Waals surface area contributed by atoms with E-state index < -0.39 is 0 Å². The molecule has 1 amide bonds. The first-order chi connectivity index (χ1) is 13.2. The normalized spacial score (nSPS) is 13.3. The number of nitriles is 1. The predicted molar refractivity (Wildman–Crippen MR) is 106 cm³/mol. The molecule has 0 aromatic heterocycles. The van der Waals surface area contributed by atoms with Crippen LogP contribution >= 0.6 is 11.6 Å². The molecule has 1 saturated heterocycles. The lowest BCUT2D eigenvalue weighted by Crippen LogP contribution is -2.28. The summed E-state index contributed by atoms with van der Waals surface area (Å²) in [5, 5.41) is 12.7. The lowest BCUT2D eigenvalue weighted by atomic mass is 10.1. The third-order valence-electron chi connectivity index (χ3n) is 4.49. The first-order valence-electron chi connectivity index (χ1n) is 9.13. The van der Waals surface area contributed by atoms with Crippen molar-refractivity contribution in [3.05, 3.63) is 58.6 Å². The number of hydrogen-bond acceptors (Lipinski definition) is 4. The molecule has 5 nitrogen and oxygen atoms in total. The largest absolute Gasteiger partial charge is 0.494 e. The maximum absolute atomic E-state index is 12.7. The zero-order chi connectivity index (χ0) is 19.1. The van der Waals surface area contributed by atoms with Crippen molar-refractivity contribution in [1.29, 1.82) is 5.26 Å². The monoisotopic (exact) mass is 383 g/mol. The van der Waals surface area contributed by atoms with Crippen molar-refractivity contribution in [1.82, 2.24) is 4.90 Å². The number of ether oxygens (including phenoxy) is 1. The van der Waals surface area contributed by atoms with E-state index in [2.05, 4.69) is 11.4 Å². The molecule has 1 N–H and O–H groups in total. The molecule has 0 bridgehead atoms. The predicted octanol–water partition coefficient (Wildman–Crippen LogP) is 4.33. The molecular formula is C21H22ClN3O2. The highest BCUT2D eigenvalue weighted by Gasteiger charge is 2.21. The van der Waals surface area contributed by atoms with E-state index in [1.165, 1.54) is 0 Å². The van der Waals surface area contributed by atoms with Crippen LogP contribution in [-0.2, 0) is 0 Å². The first kappa shape index (κ1) is 19.1. The summed E-state index contributed by atoms with van der Waals surface area (Å²) < 4.78 is 5.68. The molecule has 1 aliphatic heterocycles. The Morgan fingerprint density at radius 2 is 1.93 bits per heavy atom.